The topological polar surface area (TPSA) is 54.4 Å². The third-order valence-corrected chi connectivity index (χ3v) is 2.21. The summed E-state index contributed by atoms with van der Waals surface area (Å²) in [5.74, 6) is -1.04. The summed E-state index contributed by atoms with van der Waals surface area (Å²) in [4.78, 5) is 21.5. The van der Waals surface area contributed by atoms with E-state index < -0.39 is 5.97 Å². The van der Waals surface area contributed by atoms with Crippen molar-refractivity contribution in [3.63, 3.8) is 0 Å². The van der Waals surface area contributed by atoms with Gasteiger partial charge in [-0.2, -0.15) is 0 Å². The summed E-state index contributed by atoms with van der Waals surface area (Å²) < 4.78 is 0. The van der Waals surface area contributed by atoms with E-state index in [4.69, 9.17) is 5.11 Å². The average molecular weight is 199 g/mol. The predicted octanol–water partition coefficient (Wildman–Crippen LogP) is 2.00. The van der Waals surface area contributed by atoms with E-state index >= 15 is 0 Å². The SMILES string of the molecule is O=[C]c1cc(C(=O)O)c2ccccc2c1. The molecule has 0 aliphatic heterocycles. The van der Waals surface area contributed by atoms with Crippen LogP contribution in [0.3, 0.4) is 0 Å². The van der Waals surface area contributed by atoms with Crippen molar-refractivity contribution in [1.29, 1.82) is 0 Å². The molecule has 0 aliphatic rings. The fourth-order valence-corrected chi connectivity index (χ4v) is 1.55. The number of benzene rings is 2. The quantitative estimate of drug-likeness (QED) is 0.804. The maximum atomic E-state index is 11.0. The number of hydrogen-bond acceptors (Lipinski definition) is 2. The molecular formula is C12H7O3. The molecule has 2 aromatic rings. The second-order valence-electron chi connectivity index (χ2n) is 3.15. The number of carboxylic acids is 1. The average Bonchev–Trinajstić information content (AvgIpc) is 2.27. The van der Waals surface area contributed by atoms with Crippen molar-refractivity contribution in [3.8, 4) is 0 Å². The minimum Gasteiger partial charge on any atom is -0.478 e. The van der Waals surface area contributed by atoms with Crippen LogP contribution in [-0.4, -0.2) is 17.4 Å². The molecule has 0 bridgehead atoms. The highest BCUT2D eigenvalue weighted by molar-refractivity contribution is 6.05. The highest BCUT2D eigenvalue weighted by Crippen LogP contribution is 2.20. The van der Waals surface area contributed by atoms with Gasteiger partial charge in [0.2, 0.25) is 6.29 Å². The molecule has 0 fully saturated rings. The maximum Gasteiger partial charge on any atom is 0.336 e. The standard InChI is InChI=1S/C12H7O3/c13-7-8-5-9-3-1-2-4-10(9)11(6-8)12(14)15/h1-6H,(H,14,15). The predicted molar refractivity (Wildman–Crippen MR) is 55.7 cm³/mol. The Bertz CT molecular complexity index is 544. The Morgan fingerprint density at radius 1 is 1.20 bits per heavy atom. The third-order valence-electron chi connectivity index (χ3n) is 2.21. The van der Waals surface area contributed by atoms with E-state index in [2.05, 4.69) is 0 Å². The first kappa shape index (κ1) is 9.40. The summed E-state index contributed by atoms with van der Waals surface area (Å²) in [7, 11) is 0. The van der Waals surface area contributed by atoms with Gasteiger partial charge in [0.25, 0.3) is 0 Å². The van der Waals surface area contributed by atoms with Gasteiger partial charge in [0.1, 0.15) is 0 Å². The Morgan fingerprint density at radius 2 is 1.93 bits per heavy atom. The van der Waals surface area contributed by atoms with Gasteiger partial charge in [-0.15, -0.1) is 0 Å². The van der Waals surface area contributed by atoms with Crippen molar-refractivity contribution in [2.45, 2.75) is 0 Å². The molecule has 15 heavy (non-hydrogen) atoms. The van der Waals surface area contributed by atoms with Crippen molar-refractivity contribution >= 4 is 23.0 Å². The summed E-state index contributed by atoms with van der Waals surface area (Å²) in [6.45, 7) is 0. The molecule has 0 saturated heterocycles. The number of hydrogen-bond donors (Lipinski definition) is 1. The van der Waals surface area contributed by atoms with E-state index in [0.29, 0.717) is 5.39 Å². The molecule has 3 nitrogen and oxygen atoms in total. The first-order chi connectivity index (χ1) is 7.22. The lowest BCUT2D eigenvalue weighted by Crippen LogP contribution is -1.99. The summed E-state index contributed by atoms with van der Waals surface area (Å²) in [6.07, 6.45) is 1.70. The van der Waals surface area contributed by atoms with Crippen LogP contribution in [0.5, 0.6) is 0 Å². The van der Waals surface area contributed by atoms with Crippen LogP contribution in [0, 0.1) is 0 Å². The molecule has 1 radical (unpaired) electrons. The number of carboxylic acid groups (broad SMARTS) is 1. The van der Waals surface area contributed by atoms with Crippen molar-refractivity contribution < 1.29 is 14.7 Å². The van der Waals surface area contributed by atoms with Crippen LogP contribution >= 0.6 is 0 Å². The first-order valence-electron chi connectivity index (χ1n) is 4.36. The van der Waals surface area contributed by atoms with E-state index in [9.17, 15) is 9.59 Å². The lowest BCUT2D eigenvalue weighted by molar-refractivity contribution is 0.0699. The number of rotatable bonds is 2. The molecule has 2 rings (SSSR count). The van der Waals surface area contributed by atoms with Crippen LogP contribution in [0.25, 0.3) is 10.8 Å². The second kappa shape index (κ2) is 3.53. The van der Waals surface area contributed by atoms with Crippen LogP contribution in [0.4, 0.5) is 0 Å². The van der Waals surface area contributed by atoms with Crippen LogP contribution in [-0.2, 0) is 4.79 Å². The normalized spacial score (nSPS) is 10.1. The van der Waals surface area contributed by atoms with Crippen molar-refractivity contribution in [1.82, 2.24) is 0 Å². The third kappa shape index (κ3) is 1.59. The Morgan fingerprint density at radius 3 is 2.60 bits per heavy atom. The molecule has 0 aliphatic carbocycles. The van der Waals surface area contributed by atoms with Crippen molar-refractivity contribution in [2.24, 2.45) is 0 Å². The molecule has 0 amide bonds. The molecule has 2 aromatic carbocycles. The Balaban J connectivity index is 2.86. The number of fused-ring (bicyclic) bond motifs is 1. The maximum absolute atomic E-state index is 11.0. The molecule has 0 spiro atoms. The van der Waals surface area contributed by atoms with E-state index in [1.165, 1.54) is 6.07 Å². The molecule has 0 heterocycles. The molecule has 73 valence electrons. The molecule has 0 atom stereocenters. The summed E-state index contributed by atoms with van der Waals surface area (Å²) in [6, 6.07) is 9.99. The van der Waals surface area contributed by atoms with Gasteiger partial charge in [-0.1, -0.05) is 24.3 Å². The zero-order valence-electron chi connectivity index (χ0n) is 7.73. The zero-order valence-corrected chi connectivity index (χ0v) is 7.73. The number of carbonyl (C=O) groups excluding carboxylic acids is 1. The number of aromatic carboxylic acids is 1. The fraction of sp³-hybridized carbons (Fsp3) is 0. The molecule has 0 saturated carbocycles. The highest BCUT2D eigenvalue weighted by Gasteiger charge is 2.09. The molecule has 1 N–H and O–H groups in total. The largest absolute Gasteiger partial charge is 0.478 e. The van der Waals surface area contributed by atoms with E-state index in [-0.39, 0.29) is 11.1 Å². The summed E-state index contributed by atoms with van der Waals surface area (Å²) in [5.41, 5.74) is 0.387. The lowest BCUT2D eigenvalue weighted by atomic mass is 10.0. The monoisotopic (exact) mass is 199 g/mol. The summed E-state index contributed by atoms with van der Waals surface area (Å²) >= 11 is 0. The van der Waals surface area contributed by atoms with Crippen molar-refractivity contribution in [2.75, 3.05) is 0 Å². The van der Waals surface area contributed by atoms with Crippen LogP contribution in [0.1, 0.15) is 15.9 Å². The van der Waals surface area contributed by atoms with Gasteiger partial charge >= 0.3 is 5.97 Å². The smallest absolute Gasteiger partial charge is 0.336 e. The van der Waals surface area contributed by atoms with E-state index in [1.54, 1.807) is 36.6 Å². The Kier molecular flexibility index (Phi) is 2.21. The molecule has 0 aromatic heterocycles. The molecule has 3 heteroatoms. The van der Waals surface area contributed by atoms with Crippen molar-refractivity contribution in [3.05, 3.63) is 47.5 Å². The summed E-state index contributed by atoms with van der Waals surface area (Å²) in [5, 5.41) is 10.3. The van der Waals surface area contributed by atoms with Crippen LogP contribution in [0.2, 0.25) is 0 Å². The Labute approximate surface area is 86.0 Å². The minimum absolute atomic E-state index is 0.131. The fourth-order valence-electron chi connectivity index (χ4n) is 1.55. The number of carbonyl (C=O) groups is 1. The van der Waals surface area contributed by atoms with Gasteiger partial charge in [0.15, 0.2) is 0 Å². The van der Waals surface area contributed by atoms with Crippen LogP contribution in [0.15, 0.2) is 36.4 Å². The molecular weight excluding hydrogens is 192 g/mol. The van der Waals surface area contributed by atoms with E-state index in [1.807, 2.05) is 0 Å². The second-order valence-corrected chi connectivity index (χ2v) is 3.15. The lowest BCUT2D eigenvalue weighted by Gasteiger charge is -2.02. The molecule has 0 unspecified atom stereocenters. The zero-order chi connectivity index (χ0) is 10.8. The van der Waals surface area contributed by atoms with Gasteiger partial charge in [-0.05, 0) is 22.9 Å². The van der Waals surface area contributed by atoms with Gasteiger partial charge < -0.3 is 5.11 Å². The minimum atomic E-state index is -1.04. The first-order valence-corrected chi connectivity index (χ1v) is 4.36. The van der Waals surface area contributed by atoms with Gasteiger partial charge in [0.05, 0.1) is 5.56 Å². The highest BCUT2D eigenvalue weighted by atomic mass is 16.4. The van der Waals surface area contributed by atoms with E-state index in [0.717, 1.165) is 5.39 Å². The Hall–Kier alpha value is -2.16. The van der Waals surface area contributed by atoms with Gasteiger partial charge in [-0.25, -0.2) is 4.79 Å². The van der Waals surface area contributed by atoms with Gasteiger partial charge in [-0.3, -0.25) is 4.79 Å². The van der Waals surface area contributed by atoms with Gasteiger partial charge in [0, 0.05) is 5.56 Å². The van der Waals surface area contributed by atoms with Crippen LogP contribution < -0.4 is 0 Å².